The number of carbonyl (C=O) groups is 1. The third-order valence-electron chi connectivity index (χ3n) is 6.99. The van der Waals surface area contributed by atoms with Crippen LogP contribution in [0.3, 0.4) is 0 Å². The first-order valence-corrected chi connectivity index (χ1v) is 16.9. The molecule has 3 heterocycles. The van der Waals surface area contributed by atoms with Gasteiger partial charge in [0, 0.05) is 52.7 Å². The van der Waals surface area contributed by atoms with E-state index in [2.05, 4.69) is 34.8 Å². The standard InChI is InChI=1S/C27H37F3N6O2Si/c1-19-14-20(27(28,29)30)16-21(15-19)32-26(37)34(2)22-6-9-35(10-7-22)24-17-31-25-23(33-24)8-11-36(25)18-38-12-13-39(3,4)5/h8,11,14-17,22H,6-7,9-10,12-13,18H2,1-5H3,(H,32,37). The van der Waals surface area contributed by atoms with Crippen LogP contribution in [0.1, 0.15) is 24.0 Å². The lowest BCUT2D eigenvalue weighted by molar-refractivity contribution is -0.137. The quantitative estimate of drug-likeness (QED) is 0.261. The minimum atomic E-state index is -4.47. The number of hydrogen-bond donors (Lipinski definition) is 1. The fourth-order valence-corrected chi connectivity index (χ4v) is 5.38. The minimum Gasteiger partial charge on any atom is -0.361 e. The zero-order valence-corrected chi connectivity index (χ0v) is 24.2. The van der Waals surface area contributed by atoms with E-state index in [1.807, 2.05) is 16.8 Å². The molecule has 4 rings (SSSR count). The third kappa shape index (κ3) is 7.50. The van der Waals surface area contributed by atoms with Gasteiger partial charge in [-0.25, -0.2) is 14.8 Å². The van der Waals surface area contributed by atoms with Crippen LogP contribution in [0.25, 0.3) is 11.2 Å². The zero-order chi connectivity index (χ0) is 28.4. The molecular weight excluding hydrogens is 525 g/mol. The van der Waals surface area contributed by atoms with Gasteiger partial charge in [-0.05, 0) is 55.6 Å². The molecule has 1 aliphatic heterocycles. The second-order valence-electron chi connectivity index (χ2n) is 11.4. The summed E-state index contributed by atoms with van der Waals surface area (Å²) in [4.78, 5) is 26.0. The molecular formula is C27H37F3N6O2Si. The van der Waals surface area contributed by atoms with Crippen LogP contribution >= 0.6 is 0 Å². The molecule has 12 heteroatoms. The number of ether oxygens (including phenoxy) is 1. The molecule has 1 aromatic carbocycles. The number of urea groups is 1. The number of hydrogen-bond acceptors (Lipinski definition) is 5. The van der Waals surface area contributed by atoms with Crippen LogP contribution in [0, 0.1) is 6.92 Å². The molecule has 8 nitrogen and oxygen atoms in total. The van der Waals surface area contributed by atoms with Crippen molar-refractivity contribution in [1.29, 1.82) is 0 Å². The van der Waals surface area contributed by atoms with E-state index in [-0.39, 0.29) is 11.7 Å². The number of nitrogens with one attached hydrogen (secondary N) is 1. The number of carbonyl (C=O) groups excluding carboxylic acids is 1. The van der Waals surface area contributed by atoms with Gasteiger partial charge in [0.15, 0.2) is 5.65 Å². The van der Waals surface area contributed by atoms with Crippen LogP contribution in [-0.4, -0.2) is 66.3 Å². The van der Waals surface area contributed by atoms with Crippen molar-refractivity contribution in [3.05, 3.63) is 47.8 Å². The fraction of sp³-hybridized carbons (Fsp3) is 0.519. The fourth-order valence-electron chi connectivity index (χ4n) is 4.63. The molecule has 0 bridgehead atoms. The van der Waals surface area contributed by atoms with Crippen molar-refractivity contribution < 1.29 is 22.7 Å². The average Bonchev–Trinajstić information content (AvgIpc) is 3.27. The number of nitrogens with zero attached hydrogens (tertiary/aromatic N) is 5. The number of amides is 2. The molecule has 0 spiro atoms. The summed E-state index contributed by atoms with van der Waals surface area (Å²) in [7, 11) is 0.540. The molecule has 2 amide bonds. The van der Waals surface area contributed by atoms with Gasteiger partial charge in [-0.1, -0.05) is 19.6 Å². The maximum Gasteiger partial charge on any atom is 0.416 e. The van der Waals surface area contributed by atoms with Crippen LogP contribution in [0.15, 0.2) is 36.7 Å². The smallest absolute Gasteiger partial charge is 0.361 e. The van der Waals surface area contributed by atoms with E-state index in [4.69, 9.17) is 9.72 Å². The highest BCUT2D eigenvalue weighted by Gasteiger charge is 2.31. The van der Waals surface area contributed by atoms with E-state index in [9.17, 15) is 18.0 Å². The van der Waals surface area contributed by atoms with Crippen molar-refractivity contribution in [2.45, 2.75) is 64.4 Å². The number of aryl methyl sites for hydroxylation is 1. The van der Waals surface area contributed by atoms with Gasteiger partial charge in [0.05, 0.1) is 11.8 Å². The predicted molar refractivity (Wildman–Crippen MR) is 150 cm³/mol. The van der Waals surface area contributed by atoms with E-state index in [0.29, 0.717) is 38.2 Å². The van der Waals surface area contributed by atoms with Crippen LogP contribution < -0.4 is 10.2 Å². The molecule has 3 aromatic rings. The lowest BCUT2D eigenvalue weighted by atomic mass is 10.0. The van der Waals surface area contributed by atoms with E-state index in [1.165, 1.54) is 6.07 Å². The summed E-state index contributed by atoms with van der Waals surface area (Å²) >= 11 is 0. The second kappa shape index (κ2) is 11.5. The lowest BCUT2D eigenvalue weighted by Gasteiger charge is -2.37. The van der Waals surface area contributed by atoms with Crippen molar-refractivity contribution in [1.82, 2.24) is 19.4 Å². The Kier molecular flexibility index (Phi) is 8.55. The van der Waals surface area contributed by atoms with E-state index in [0.717, 1.165) is 41.8 Å². The predicted octanol–water partition coefficient (Wildman–Crippen LogP) is 6.20. The minimum absolute atomic E-state index is 0.0424. The zero-order valence-electron chi connectivity index (χ0n) is 23.2. The van der Waals surface area contributed by atoms with Crippen LogP contribution in [0.4, 0.5) is 29.5 Å². The largest absolute Gasteiger partial charge is 0.416 e. The van der Waals surface area contributed by atoms with E-state index < -0.39 is 25.8 Å². The van der Waals surface area contributed by atoms with E-state index in [1.54, 1.807) is 25.1 Å². The van der Waals surface area contributed by atoms with Crippen molar-refractivity contribution in [3.63, 3.8) is 0 Å². The first kappa shape index (κ1) is 28.9. The Bertz CT molecular complexity index is 1300. The number of piperidine rings is 1. The summed E-state index contributed by atoms with van der Waals surface area (Å²) < 4.78 is 47.3. The van der Waals surface area contributed by atoms with Gasteiger partial charge in [0.2, 0.25) is 0 Å². The summed E-state index contributed by atoms with van der Waals surface area (Å²) in [6.45, 7) is 11.1. The molecule has 212 valence electrons. The number of aromatic nitrogens is 3. The molecule has 0 aliphatic carbocycles. The monoisotopic (exact) mass is 562 g/mol. The highest BCUT2D eigenvalue weighted by Crippen LogP contribution is 2.32. The van der Waals surface area contributed by atoms with Gasteiger partial charge in [-0.15, -0.1) is 0 Å². The second-order valence-corrected chi connectivity index (χ2v) is 17.0. The van der Waals surface area contributed by atoms with Crippen LogP contribution in [-0.2, 0) is 17.6 Å². The first-order chi connectivity index (χ1) is 18.3. The molecule has 0 atom stereocenters. The highest BCUT2D eigenvalue weighted by atomic mass is 28.3. The molecule has 39 heavy (non-hydrogen) atoms. The van der Waals surface area contributed by atoms with Crippen molar-refractivity contribution in [3.8, 4) is 0 Å². The van der Waals surface area contributed by atoms with Gasteiger partial charge in [-0.3, -0.25) is 0 Å². The molecule has 1 aliphatic rings. The lowest BCUT2D eigenvalue weighted by Crippen LogP contribution is -2.47. The number of anilines is 2. The summed E-state index contributed by atoms with van der Waals surface area (Å²) in [6.07, 6.45) is 0.649. The number of alkyl halides is 3. The molecule has 0 radical (unpaired) electrons. The van der Waals surface area contributed by atoms with Gasteiger partial charge in [0.25, 0.3) is 0 Å². The first-order valence-electron chi connectivity index (χ1n) is 13.2. The Morgan fingerprint density at radius 2 is 1.92 bits per heavy atom. The van der Waals surface area contributed by atoms with Gasteiger partial charge < -0.3 is 24.4 Å². The third-order valence-corrected chi connectivity index (χ3v) is 8.69. The molecule has 0 saturated carbocycles. The Labute approximate surface area is 228 Å². The maximum absolute atomic E-state index is 13.2. The topological polar surface area (TPSA) is 75.5 Å². The summed E-state index contributed by atoms with van der Waals surface area (Å²) in [6, 6.07) is 6.14. The van der Waals surface area contributed by atoms with Gasteiger partial charge in [0.1, 0.15) is 18.1 Å². The summed E-state index contributed by atoms with van der Waals surface area (Å²) in [5.74, 6) is 0.782. The van der Waals surface area contributed by atoms with Crippen molar-refractivity contribution in [2.24, 2.45) is 0 Å². The van der Waals surface area contributed by atoms with E-state index >= 15 is 0 Å². The molecule has 1 fully saturated rings. The normalized spacial score (nSPS) is 15.1. The van der Waals surface area contributed by atoms with Crippen molar-refractivity contribution in [2.75, 3.05) is 37.0 Å². The van der Waals surface area contributed by atoms with Crippen molar-refractivity contribution >= 4 is 36.8 Å². The summed E-state index contributed by atoms with van der Waals surface area (Å²) in [5.41, 5.74) is 1.36. The Hall–Kier alpha value is -3.12. The molecule has 1 saturated heterocycles. The molecule has 2 aromatic heterocycles. The Morgan fingerprint density at radius 1 is 1.21 bits per heavy atom. The number of fused-ring (bicyclic) bond motifs is 1. The SMILES string of the molecule is Cc1cc(NC(=O)N(C)C2CCN(c3cnc4c(ccn4COCC[Si](C)(C)C)n3)CC2)cc(C(F)(F)F)c1. The maximum atomic E-state index is 13.2. The summed E-state index contributed by atoms with van der Waals surface area (Å²) in [5, 5.41) is 2.62. The Balaban J connectivity index is 1.31. The number of rotatable bonds is 8. The molecule has 1 N–H and O–H groups in total. The number of halogens is 3. The van der Waals surface area contributed by atoms with Crippen LogP contribution in [0.2, 0.25) is 25.7 Å². The number of benzene rings is 1. The highest BCUT2D eigenvalue weighted by molar-refractivity contribution is 6.76. The van der Waals surface area contributed by atoms with Gasteiger partial charge in [-0.2, -0.15) is 13.2 Å². The Morgan fingerprint density at radius 3 is 2.59 bits per heavy atom. The van der Waals surface area contributed by atoms with Crippen LogP contribution in [0.5, 0.6) is 0 Å². The average molecular weight is 563 g/mol. The molecule has 0 unspecified atom stereocenters. The van der Waals surface area contributed by atoms with Gasteiger partial charge >= 0.3 is 12.2 Å².